The third-order valence-corrected chi connectivity index (χ3v) is 5.46. The van der Waals surface area contributed by atoms with E-state index in [0.29, 0.717) is 11.7 Å². The number of rotatable bonds is 7. The minimum absolute atomic E-state index is 0.0828. The van der Waals surface area contributed by atoms with Crippen molar-refractivity contribution in [1.82, 2.24) is 14.9 Å². The van der Waals surface area contributed by atoms with E-state index in [4.69, 9.17) is 21.7 Å². The maximum absolute atomic E-state index is 5.79. The highest BCUT2D eigenvalue weighted by molar-refractivity contribution is 7.80. The second kappa shape index (κ2) is 8.63. The Morgan fingerprint density at radius 3 is 2.66 bits per heavy atom. The highest BCUT2D eigenvalue weighted by atomic mass is 32.1. The zero-order chi connectivity index (χ0) is 20.2. The standard InChI is InChI=1S/C22H24N4O2S/c1-27-15-14-25-13-7-10-18(25)21-20(16-8-5-6-12-23-16)24-22(29)26(21)17-9-3-4-11-19(17)28-2/h3-13,20-21H,14-15H2,1-2H3,(H,24,29)/t20-,21-/m0/s1. The summed E-state index contributed by atoms with van der Waals surface area (Å²) < 4.78 is 13.2. The number of benzene rings is 1. The average Bonchev–Trinajstić information content (AvgIpc) is 3.36. The molecule has 4 rings (SSSR count). The number of aromatic nitrogens is 2. The SMILES string of the molecule is COCCn1cccc1[C@H]1[C@H](c2ccccn2)NC(=S)N1c1ccccc1OC. The Hall–Kier alpha value is -2.90. The molecule has 1 saturated heterocycles. The Bertz CT molecular complexity index is 976. The van der Waals surface area contributed by atoms with Crippen molar-refractivity contribution < 1.29 is 9.47 Å². The van der Waals surface area contributed by atoms with Gasteiger partial charge in [0.2, 0.25) is 0 Å². The van der Waals surface area contributed by atoms with Crippen LogP contribution in [0.4, 0.5) is 5.69 Å². The predicted molar refractivity (Wildman–Crippen MR) is 117 cm³/mol. The van der Waals surface area contributed by atoms with Gasteiger partial charge in [-0.05, 0) is 48.6 Å². The van der Waals surface area contributed by atoms with E-state index in [-0.39, 0.29) is 12.1 Å². The number of pyridine rings is 1. The highest BCUT2D eigenvalue weighted by Crippen LogP contribution is 2.44. The maximum atomic E-state index is 5.79. The van der Waals surface area contributed by atoms with Crippen LogP contribution in [0.5, 0.6) is 5.75 Å². The number of hydrogen-bond donors (Lipinski definition) is 1. The normalized spacial score (nSPS) is 18.7. The third-order valence-electron chi connectivity index (χ3n) is 5.15. The van der Waals surface area contributed by atoms with Crippen LogP contribution in [-0.4, -0.2) is 35.5 Å². The van der Waals surface area contributed by atoms with Crippen LogP contribution in [0.1, 0.15) is 23.5 Å². The van der Waals surface area contributed by atoms with Gasteiger partial charge in [0.05, 0.1) is 31.1 Å². The van der Waals surface area contributed by atoms with E-state index in [1.807, 2.05) is 48.7 Å². The molecule has 1 N–H and O–H groups in total. The van der Waals surface area contributed by atoms with Crippen molar-refractivity contribution in [3.8, 4) is 5.75 Å². The minimum atomic E-state index is -0.0928. The van der Waals surface area contributed by atoms with Gasteiger partial charge < -0.3 is 24.3 Å². The fourth-order valence-corrected chi connectivity index (χ4v) is 4.17. The molecule has 29 heavy (non-hydrogen) atoms. The van der Waals surface area contributed by atoms with Crippen LogP contribution >= 0.6 is 12.2 Å². The van der Waals surface area contributed by atoms with Crippen molar-refractivity contribution >= 4 is 23.0 Å². The second-order valence-corrected chi connectivity index (χ2v) is 7.17. The Morgan fingerprint density at radius 2 is 1.90 bits per heavy atom. The van der Waals surface area contributed by atoms with Crippen LogP contribution in [0.15, 0.2) is 67.0 Å². The number of hydrogen-bond acceptors (Lipinski definition) is 4. The van der Waals surface area contributed by atoms with Crippen molar-refractivity contribution in [2.75, 3.05) is 25.7 Å². The molecule has 0 saturated carbocycles. The predicted octanol–water partition coefficient (Wildman–Crippen LogP) is 3.72. The monoisotopic (exact) mass is 408 g/mol. The summed E-state index contributed by atoms with van der Waals surface area (Å²) in [6.45, 7) is 1.39. The number of anilines is 1. The van der Waals surface area contributed by atoms with Crippen molar-refractivity contribution in [3.05, 3.63) is 78.4 Å². The van der Waals surface area contributed by atoms with Gasteiger partial charge in [-0.15, -0.1) is 0 Å². The lowest BCUT2D eigenvalue weighted by atomic mass is 10.0. The van der Waals surface area contributed by atoms with E-state index in [1.54, 1.807) is 14.2 Å². The maximum Gasteiger partial charge on any atom is 0.174 e. The van der Waals surface area contributed by atoms with Gasteiger partial charge in [0.15, 0.2) is 5.11 Å². The molecule has 2 atom stereocenters. The molecule has 0 spiro atoms. The van der Waals surface area contributed by atoms with Gasteiger partial charge in [-0.25, -0.2) is 0 Å². The fourth-order valence-electron chi connectivity index (χ4n) is 3.83. The van der Waals surface area contributed by atoms with Gasteiger partial charge in [0.25, 0.3) is 0 Å². The van der Waals surface area contributed by atoms with E-state index < -0.39 is 0 Å². The first-order valence-electron chi connectivity index (χ1n) is 9.52. The number of methoxy groups -OCH3 is 2. The summed E-state index contributed by atoms with van der Waals surface area (Å²) in [6.07, 6.45) is 3.89. The number of para-hydroxylation sites is 2. The molecule has 1 aliphatic heterocycles. The van der Waals surface area contributed by atoms with Gasteiger partial charge >= 0.3 is 0 Å². The molecule has 0 unspecified atom stereocenters. The quantitative estimate of drug-likeness (QED) is 0.602. The molecule has 2 aromatic heterocycles. The van der Waals surface area contributed by atoms with Gasteiger partial charge in [0.1, 0.15) is 11.8 Å². The largest absolute Gasteiger partial charge is 0.495 e. The van der Waals surface area contributed by atoms with Gasteiger partial charge in [-0.3, -0.25) is 4.98 Å². The minimum Gasteiger partial charge on any atom is -0.495 e. The molecule has 0 radical (unpaired) electrons. The van der Waals surface area contributed by atoms with Crippen LogP contribution < -0.4 is 15.0 Å². The van der Waals surface area contributed by atoms with Crippen LogP contribution in [0.25, 0.3) is 0 Å². The number of ether oxygens (including phenoxy) is 2. The van der Waals surface area contributed by atoms with Crippen molar-refractivity contribution in [2.45, 2.75) is 18.6 Å². The molecule has 0 aliphatic carbocycles. The lowest BCUT2D eigenvalue weighted by molar-refractivity contribution is 0.186. The zero-order valence-electron chi connectivity index (χ0n) is 16.5. The summed E-state index contributed by atoms with van der Waals surface area (Å²) in [5, 5.41) is 4.13. The first-order valence-corrected chi connectivity index (χ1v) is 9.93. The lowest BCUT2D eigenvalue weighted by Crippen LogP contribution is -2.31. The summed E-state index contributed by atoms with van der Waals surface area (Å²) >= 11 is 5.79. The van der Waals surface area contributed by atoms with E-state index in [2.05, 4.69) is 38.1 Å². The van der Waals surface area contributed by atoms with E-state index >= 15 is 0 Å². The van der Waals surface area contributed by atoms with Gasteiger partial charge in [0, 0.05) is 31.7 Å². The Labute approximate surface area is 176 Å². The van der Waals surface area contributed by atoms with Crippen molar-refractivity contribution in [1.29, 1.82) is 0 Å². The first kappa shape index (κ1) is 19.4. The van der Waals surface area contributed by atoms with Crippen molar-refractivity contribution in [3.63, 3.8) is 0 Å². The van der Waals surface area contributed by atoms with Gasteiger partial charge in [-0.1, -0.05) is 18.2 Å². The van der Waals surface area contributed by atoms with E-state index in [1.165, 1.54) is 0 Å². The van der Waals surface area contributed by atoms with Gasteiger partial charge in [-0.2, -0.15) is 0 Å². The summed E-state index contributed by atoms with van der Waals surface area (Å²) in [4.78, 5) is 6.73. The molecular weight excluding hydrogens is 384 g/mol. The number of nitrogens with zero attached hydrogens (tertiary/aromatic N) is 3. The average molecular weight is 409 g/mol. The van der Waals surface area contributed by atoms with Crippen LogP contribution in [0.2, 0.25) is 0 Å². The number of thiocarbonyl (C=S) groups is 1. The van der Waals surface area contributed by atoms with E-state index in [9.17, 15) is 0 Å². The Balaban J connectivity index is 1.83. The Kier molecular flexibility index (Phi) is 5.78. The van der Waals surface area contributed by atoms with Crippen LogP contribution in [0, 0.1) is 0 Å². The summed E-state index contributed by atoms with van der Waals surface area (Å²) in [7, 11) is 3.39. The second-order valence-electron chi connectivity index (χ2n) is 6.79. The molecule has 0 bridgehead atoms. The number of nitrogens with one attached hydrogen (secondary N) is 1. The smallest absolute Gasteiger partial charge is 0.174 e. The summed E-state index contributed by atoms with van der Waals surface area (Å²) in [5.74, 6) is 0.776. The van der Waals surface area contributed by atoms with Crippen LogP contribution in [0.3, 0.4) is 0 Å². The van der Waals surface area contributed by atoms with Crippen LogP contribution in [-0.2, 0) is 11.3 Å². The fraction of sp³-hybridized carbons (Fsp3) is 0.273. The first-order chi connectivity index (χ1) is 14.2. The van der Waals surface area contributed by atoms with Crippen molar-refractivity contribution in [2.24, 2.45) is 0 Å². The lowest BCUT2D eigenvalue weighted by Gasteiger charge is -2.29. The molecule has 3 heterocycles. The summed E-state index contributed by atoms with van der Waals surface area (Å²) in [6, 6.07) is 17.9. The molecule has 1 aromatic carbocycles. The molecule has 3 aromatic rings. The highest BCUT2D eigenvalue weighted by Gasteiger charge is 2.42. The zero-order valence-corrected chi connectivity index (χ0v) is 17.3. The molecule has 7 heteroatoms. The third kappa shape index (κ3) is 3.71. The molecule has 1 fully saturated rings. The Morgan fingerprint density at radius 1 is 1.07 bits per heavy atom. The summed E-state index contributed by atoms with van der Waals surface area (Å²) in [5.41, 5.74) is 3.00. The molecular formula is C22H24N4O2S. The topological polar surface area (TPSA) is 51.5 Å². The molecule has 0 amide bonds. The molecule has 150 valence electrons. The molecule has 6 nitrogen and oxygen atoms in total. The van der Waals surface area contributed by atoms with E-state index in [0.717, 1.165) is 29.4 Å². The molecule has 1 aliphatic rings.